The second-order valence-electron chi connectivity index (χ2n) is 7.97. The van der Waals surface area contributed by atoms with E-state index >= 15 is 0 Å². The lowest BCUT2D eigenvalue weighted by atomic mass is 9.85. The van der Waals surface area contributed by atoms with E-state index in [1.165, 1.54) is 4.90 Å². The third kappa shape index (κ3) is 3.41. The SMILES string of the molecule is I.NC(=NCCN1C(=O)C2C3C=CC(C3)C2C1=O)NC1CCOc2ccccc21. The molecule has 1 saturated heterocycles. The van der Waals surface area contributed by atoms with Crippen molar-refractivity contribution in [1.82, 2.24) is 10.2 Å². The number of ether oxygens (including phenoxy) is 1. The van der Waals surface area contributed by atoms with Gasteiger partial charge in [0.15, 0.2) is 5.96 Å². The number of nitrogens with zero attached hydrogens (tertiary/aromatic N) is 2. The van der Waals surface area contributed by atoms with Crippen LogP contribution >= 0.6 is 24.0 Å². The molecule has 7 nitrogen and oxygen atoms in total. The van der Waals surface area contributed by atoms with E-state index in [0.717, 1.165) is 24.2 Å². The number of fused-ring (bicyclic) bond motifs is 6. The fourth-order valence-electron chi connectivity index (χ4n) is 5.17. The number of allylic oxidation sites excluding steroid dienone is 2. The van der Waals surface area contributed by atoms with Crippen LogP contribution in [0.1, 0.15) is 24.4 Å². The maximum absolute atomic E-state index is 12.7. The Kier molecular flexibility index (Phi) is 5.54. The van der Waals surface area contributed by atoms with Crippen molar-refractivity contribution in [1.29, 1.82) is 0 Å². The van der Waals surface area contributed by atoms with Crippen molar-refractivity contribution >= 4 is 41.8 Å². The highest BCUT2D eigenvalue weighted by atomic mass is 127. The van der Waals surface area contributed by atoms with Crippen LogP contribution in [-0.4, -0.2) is 42.4 Å². The molecule has 5 unspecified atom stereocenters. The number of carbonyl (C=O) groups excluding carboxylic acids is 2. The van der Waals surface area contributed by atoms with Gasteiger partial charge in [0.2, 0.25) is 11.8 Å². The van der Waals surface area contributed by atoms with Gasteiger partial charge in [0.05, 0.1) is 31.0 Å². The number of hydrogen-bond donors (Lipinski definition) is 2. The summed E-state index contributed by atoms with van der Waals surface area (Å²) >= 11 is 0. The fraction of sp³-hybridized carbons (Fsp3) is 0.476. The molecule has 2 bridgehead atoms. The zero-order valence-corrected chi connectivity index (χ0v) is 18.3. The summed E-state index contributed by atoms with van der Waals surface area (Å²) in [4.78, 5) is 31.1. The van der Waals surface area contributed by atoms with Crippen molar-refractivity contribution in [3.05, 3.63) is 42.0 Å². The number of halogens is 1. The first kappa shape index (κ1) is 20.2. The van der Waals surface area contributed by atoms with Gasteiger partial charge in [-0.2, -0.15) is 0 Å². The van der Waals surface area contributed by atoms with E-state index in [1.54, 1.807) is 0 Å². The van der Waals surface area contributed by atoms with Gasteiger partial charge in [0.1, 0.15) is 5.75 Å². The second kappa shape index (κ2) is 7.97. The summed E-state index contributed by atoms with van der Waals surface area (Å²) in [5, 5.41) is 3.24. The van der Waals surface area contributed by atoms with Gasteiger partial charge in [-0.3, -0.25) is 19.5 Å². The summed E-state index contributed by atoms with van der Waals surface area (Å²) < 4.78 is 5.66. The van der Waals surface area contributed by atoms with Gasteiger partial charge in [0.25, 0.3) is 0 Å². The summed E-state index contributed by atoms with van der Waals surface area (Å²) in [6, 6.07) is 7.92. The van der Waals surface area contributed by atoms with Crippen molar-refractivity contribution in [2.24, 2.45) is 34.4 Å². The van der Waals surface area contributed by atoms with E-state index in [9.17, 15) is 9.59 Å². The molecule has 0 radical (unpaired) electrons. The number of likely N-dealkylation sites (tertiary alicyclic amines) is 1. The largest absolute Gasteiger partial charge is 0.493 e. The Bertz CT molecular complexity index is 856. The number of amides is 2. The monoisotopic (exact) mass is 508 g/mol. The van der Waals surface area contributed by atoms with Crippen LogP contribution in [0.3, 0.4) is 0 Å². The number of guanidine groups is 1. The predicted molar refractivity (Wildman–Crippen MR) is 119 cm³/mol. The first-order valence-corrected chi connectivity index (χ1v) is 9.95. The number of imide groups is 1. The molecule has 5 atom stereocenters. The van der Waals surface area contributed by atoms with Crippen LogP contribution in [0, 0.1) is 23.7 Å². The highest BCUT2D eigenvalue weighted by molar-refractivity contribution is 14.0. The van der Waals surface area contributed by atoms with Crippen molar-refractivity contribution in [3.8, 4) is 5.75 Å². The van der Waals surface area contributed by atoms with E-state index in [-0.39, 0.29) is 72.0 Å². The van der Waals surface area contributed by atoms with Gasteiger partial charge < -0.3 is 15.8 Å². The zero-order chi connectivity index (χ0) is 19.3. The molecule has 0 aromatic heterocycles. The number of nitrogens with one attached hydrogen (secondary N) is 1. The molecule has 8 heteroatoms. The molecule has 2 amide bonds. The summed E-state index contributed by atoms with van der Waals surface area (Å²) in [5.74, 6) is 1.28. The molecule has 2 fully saturated rings. The molecular weight excluding hydrogens is 483 g/mol. The van der Waals surface area contributed by atoms with E-state index in [4.69, 9.17) is 10.5 Å². The Morgan fingerprint density at radius 2 is 1.86 bits per heavy atom. The topological polar surface area (TPSA) is 97.0 Å². The van der Waals surface area contributed by atoms with Crippen LogP contribution in [0.2, 0.25) is 0 Å². The Morgan fingerprint density at radius 3 is 2.59 bits per heavy atom. The quantitative estimate of drug-likeness (QED) is 0.213. The normalized spacial score (nSPS) is 31.9. The van der Waals surface area contributed by atoms with Crippen LogP contribution in [0.25, 0.3) is 0 Å². The lowest BCUT2D eigenvalue weighted by Gasteiger charge is -2.27. The Hall–Kier alpha value is -2.10. The molecule has 5 rings (SSSR count). The van der Waals surface area contributed by atoms with Gasteiger partial charge in [-0.15, -0.1) is 24.0 Å². The maximum Gasteiger partial charge on any atom is 0.233 e. The van der Waals surface area contributed by atoms with Crippen LogP contribution in [0.4, 0.5) is 0 Å². The minimum atomic E-state index is -0.152. The van der Waals surface area contributed by atoms with Gasteiger partial charge in [-0.05, 0) is 24.3 Å². The third-order valence-corrected chi connectivity index (χ3v) is 6.45. The van der Waals surface area contributed by atoms with E-state index in [2.05, 4.69) is 22.5 Å². The number of hydrogen-bond acceptors (Lipinski definition) is 4. The molecule has 1 aromatic carbocycles. The third-order valence-electron chi connectivity index (χ3n) is 6.45. The molecule has 2 aliphatic heterocycles. The summed E-state index contributed by atoms with van der Waals surface area (Å²) in [5.41, 5.74) is 7.12. The Labute approximate surface area is 186 Å². The molecule has 29 heavy (non-hydrogen) atoms. The lowest BCUT2D eigenvalue weighted by molar-refractivity contribution is -0.140. The number of aliphatic imine (C=N–C) groups is 1. The molecular formula is C21H25IN4O3. The van der Waals surface area contributed by atoms with Gasteiger partial charge in [0, 0.05) is 18.5 Å². The molecule has 2 aliphatic carbocycles. The minimum Gasteiger partial charge on any atom is -0.493 e. The smallest absolute Gasteiger partial charge is 0.233 e. The number of carbonyl (C=O) groups is 2. The van der Waals surface area contributed by atoms with Crippen LogP contribution in [0.5, 0.6) is 5.75 Å². The molecule has 3 N–H and O–H groups in total. The van der Waals surface area contributed by atoms with Gasteiger partial charge >= 0.3 is 0 Å². The van der Waals surface area contributed by atoms with Crippen LogP contribution in [-0.2, 0) is 9.59 Å². The number of para-hydroxylation sites is 1. The van der Waals surface area contributed by atoms with Crippen LogP contribution < -0.4 is 15.8 Å². The molecule has 2 heterocycles. The van der Waals surface area contributed by atoms with Gasteiger partial charge in [-0.25, -0.2) is 0 Å². The van der Waals surface area contributed by atoms with E-state index in [0.29, 0.717) is 19.1 Å². The zero-order valence-electron chi connectivity index (χ0n) is 16.0. The van der Waals surface area contributed by atoms with Gasteiger partial charge in [-0.1, -0.05) is 30.4 Å². The van der Waals surface area contributed by atoms with Crippen molar-refractivity contribution < 1.29 is 14.3 Å². The first-order chi connectivity index (χ1) is 13.6. The van der Waals surface area contributed by atoms with Crippen LogP contribution in [0.15, 0.2) is 41.4 Å². The minimum absolute atomic E-state index is 0. The maximum atomic E-state index is 12.7. The molecule has 1 saturated carbocycles. The second-order valence-corrected chi connectivity index (χ2v) is 7.97. The standard InChI is InChI=1S/C21H24N4O3.HI/c22-21(24-15-7-10-28-16-4-2-1-3-14(15)16)23-8-9-25-19(26)17-12-5-6-13(11-12)18(17)20(25)27;/h1-6,12-13,15,17-18H,7-11H2,(H3,22,23,24);1H. The number of nitrogens with two attached hydrogens (primary N) is 1. The highest BCUT2D eigenvalue weighted by Gasteiger charge is 2.58. The van der Waals surface area contributed by atoms with E-state index < -0.39 is 0 Å². The first-order valence-electron chi connectivity index (χ1n) is 9.95. The molecule has 0 spiro atoms. The number of benzene rings is 1. The lowest BCUT2D eigenvalue weighted by Crippen LogP contribution is -2.39. The fourth-order valence-corrected chi connectivity index (χ4v) is 5.17. The van der Waals surface area contributed by atoms with Crippen molar-refractivity contribution in [2.75, 3.05) is 19.7 Å². The molecule has 154 valence electrons. The predicted octanol–water partition coefficient (Wildman–Crippen LogP) is 1.84. The number of rotatable bonds is 4. The summed E-state index contributed by atoms with van der Waals surface area (Å²) in [7, 11) is 0. The average Bonchev–Trinajstić information content (AvgIpc) is 3.38. The van der Waals surface area contributed by atoms with E-state index in [1.807, 2.05) is 24.3 Å². The summed E-state index contributed by atoms with van der Waals surface area (Å²) in [6.45, 7) is 1.22. The Morgan fingerprint density at radius 1 is 1.17 bits per heavy atom. The molecule has 4 aliphatic rings. The average molecular weight is 508 g/mol. The Balaban J connectivity index is 0.00000205. The van der Waals surface area contributed by atoms with Crippen molar-refractivity contribution in [2.45, 2.75) is 18.9 Å². The summed E-state index contributed by atoms with van der Waals surface area (Å²) in [6.07, 6.45) is 5.95. The molecule has 1 aromatic rings. The van der Waals surface area contributed by atoms with Crippen molar-refractivity contribution in [3.63, 3.8) is 0 Å². The highest BCUT2D eigenvalue weighted by Crippen LogP contribution is 2.52.